The molecule has 3 aromatic rings. The van der Waals surface area contributed by atoms with Crippen molar-refractivity contribution in [3.05, 3.63) is 47.4 Å². The minimum atomic E-state index is -0.593. The minimum Gasteiger partial charge on any atom is -0.477 e. The van der Waals surface area contributed by atoms with Crippen molar-refractivity contribution in [1.29, 1.82) is 0 Å². The molecular weight excluding hydrogens is 394 g/mol. The van der Waals surface area contributed by atoms with Crippen molar-refractivity contribution in [2.75, 3.05) is 11.9 Å². The molecule has 0 fully saturated rings. The summed E-state index contributed by atoms with van der Waals surface area (Å²) in [7, 11) is 0. The van der Waals surface area contributed by atoms with Crippen LogP contribution in [0.25, 0.3) is 10.8 Å². The van der Waals surface area contributed by atoms with Crippen LogP contribution in [0.2, 0.25) is 0 Å². The summed E-state index contributed by atoms with van der Waals surface area (Å²) in [4.78, 5) is 25.8. The molecule has 8 nitrogen and oxygen atoms in total. The average molecular weight is 422 g/mol. The molecule has 3 aromatic heterocycles. The quantitative estimate of drug-likeness (QED) is 0.594. The molecule has 8 heteroatoms. The summed E-state index contributed by atoms with van der Waals surface area (Å²) < 4.78 is 11.0. The highest BCUT2D eigenvalue weighted by Gasteiger charge is 2.31. The van der Waals surface area contributed by atoms with E-state index >= 15 is 0 Å². The maximum Gasteiger partial charge on any atom is 0.340 e. The number of anilines is 2. The standard InChI is InChI=1S/C23H27N5O3/c1-6-30-21-16-10-25-19(9-15(16)17(11-26-21)23(4,5)24)27-18-8-7-14-20(28-18)12(2)13(3)31-22(14)29/h7-13H,6,24H2,1-5H3,(H,25,27,28)/t12-,13+/m0/s1. The highest BCUT2D eigenvalue weighted by molar-refractivity contribution is 5.93. The van der Waals surface area contributed by atoms with Crippen LogP contribution >= 0.6 is 0 Å². The molecule has 0 aromatic carbocycles. The number of hydrogen-bond acceptors (Lipinski definition) is 8. The number of esters is 1. The van der Waals surface area contributed by atoms with Gasteiger partial charge in [-0.05, 0) is 56.8 Å². The number of carbonyl (C=O) groups excluding carboxylic acids is 1. The van der Waals surface area contributed by atoms with Gasteiger partial charge in [0.05, 0.1) is 23.3 Å². The lowest BCUT2D eigenvalue weighted by Gasteiger charge is -2.27. The monoisotopic (exact) mass is 421 g/mol. The number of aromatic nitrogens is 3. The molecule has 0 radical (unpaired) electrons. The van der Waals surface area contributed by atoms with Gasteiger partial charge in [0, 0.05) is 23.9 Å². The van der Waals surface area contributed by atoms with Crippen LogP contribution in [0.5, 0.6) is 5.88 Å². The number of nitrogens with one attached hydrogen (secondary N) is 1. The van der Waals surface area contributed by atoms with Gasteiger partial charge in [0.15, 0.2) is 0 Å². The van der Waals surface area contributed by atoms with Gasteiger partial charge in [0.25, 0.3) is 0 Å². The van der Waals surface area contributed by atoms with Crippen LogP contribution in [0, 0.1) is 0 Å². The lowest BCUT2D eigenvalue weighted by Crippen LogP contribution is -2.29. The Hall–Kier alpha value is -3.26. The molecule has 0 saturated carbocycles. The van der Waals surface area contributed by atoms with Crippen molar-refractivity contribution < 1.29 is 14.3 Å². The number of cyclic esters (lactones) is 1. The van der Waals surface area contributed by atoms with Gasteiger partial charge in [-0.15, -0.1) is 0 Å². The highest BCUT2D eigenvalue weighted by atomic mass is 16.5. The van der Waals surface area contributed by atoms with E-state index in [1.54, 1.807) is 24.5 Å². The normalized spacial score (nSPS) is 18.5. The molecule has 0 bridgehead atoms. The van der Waals surface area contributed by atoms with E-state index in [9.17, 15) is 4.79 Å². The Bertz CT molecular complexity index is 1160. The van der Waals surface area contributed by atoms with Crippen LogP contribution in [-0.2, 0) is 10.3 Å². The van der Waals surface area contributed by atoms with Gasteiger partial charge in [-0.3, -0.25) is 0 Å². The van der Waals surface area contributed by atoms with Crippen molar-refractivity contribution in [1.82, 2.24) is 15.0 Å². The first-order valence-electron chi connectivity index (χ1n) is 10.4. The third-order valence-corrected chi connectivity index (χ3v) is 5.54. The maximum absolute atomic E-state index is 12.1. The van der Waals surface area contributed by atoms with Crippen molar-refractivity contribution in [3.8, 4) is 5.88 Å². The number of ether oxygens (including phenoxy) is 2. The first-order valence-corrected chi connectivity index (χ1v) is 10.4. The van der Waals surface area contributed by atoms with E-state index in [2.05, 4.69) is 20.3 Å². The fourth-order valence-electron chi connectivity index (χ4n) is 3.70. The van der Waals surface area contributed by atoms with E-state index in [0.29, 0.717) is 29.7 Å². The molecule has 4 rings (SSSR count). The third-order valence-electron chi connectivity index (χ3n) is 5.54. The predicted molar refractivity (Wildman–Crippen MR) is 119 cm³/mol. The number of pyridine rings is 3. The van der Waals surface area contributed by atoms with Gasteiger partial charge in [0.2, 0.25) is 5.88 Å². The molecule has 4 heterocycles. The highest BCUT2D eigenvalue weighted by Crippen LogP contribution is 2.34. The maximum atomic E-state index is 12.1. The number of fused-ring (bicyclic) bond motifs is 2. The smallest absolute Gasteiger partial charge is 0.340 e. The Labute approximate surface area is 181 Å². The van der Waals surface area contributed by atoms with E-state index in [-0.39, 0.29) is 18.0 Å². The number of hydrogen-bond donors (Lipinski definition) is 2. The molecule has 3 N–H and O–H groups in total. The summed E-state index contributed by atoms with van der Waals surface area (Å²) in [5, 5.41) is 4.96. The van der Waals surface area contributed by atoms with E-state index in [4.69, 9.17) is 15.2 Å². The summed E-state index contributed by atoms with van der Waals surface area (Å²) >= 11 is 0. The molecule has 1 aliphatic heterocycles. The van der Waals surface area contributed by atoms with E-state index < -0.39 is 5.54 Å². The SMILES string of the molecule is CCOc1ncc(C(C)(C)N)c2cc(Nc3ccc4c(n3)[C@@H](C)[C@@H](C)OC4=O)ncc12. The van der Waals surface area contributed by atoms with Crippen molar-refractivity contribution in [3.63, 3.8) is 0 Å². The molecule has 162 valence electrons. The lowest BCUT2D eigenvalue weighted by atomic mass is 9.93. The summed E-state index contributed by atoms with van der Waals surface area (Å²) in [6.07, 6.45) is 3.26. The molecule has 1 aliphatic rings. The zero-order chi connectivity index (χ0) is 22.3. The molecule has 2 atom stereocenters. The van der Waals surface area contributed by atoms with Crippen LogP contribution in [0.4, 0.5) is 11.6 Å². The number of nitrogens with two attached hydrogens (primary N) is 1. The van der Waals surface area contributed by atoms with Crippen LogP contribution in [0.1, 0.15) is 62.2 Å². The van der Waals surface area contributed by atoms with Gasteiger partial charge in [-0.1, -0.05) is 6.92 Å². The van der Waals surface area contributed by atoms with E-state index in [0.717, 1.165) is 22.0 Å². The second-order valence-electron chi connectivity index (χ2n) is 8.40. The lowest BCUT2D eigenvalue weighted by molar-refractivity contribution is 0.0235. The Kier molecular flexibility index (Phi) is 5.26. The zero-order valence-corrected chi connectivity index (χ0v) is 18.4. The molecular formula is C23H27N5O3. The van der Waals surface area contributed by atoms with E-state index in [1.165, 1.54) is 0 Å². The number of rotatable bonds is 5. The summed E-state index contributed by atoms with van der Waals surface area (Å²) in [5.41, 5.74) is 7.91. The molecule has 0 saturated heterocycles. The Balaban J connectivity index is 1.75. The fraction of sp³-hybridized carbons (Fsp3) is 0.391. The summed E-state index contributed by atoms with van der Waals surface area (Å²) in [5.74, 6) is 1.40. The van der Waals surface area contributed by atoms with Crippen molar-refractivity contribution >= 4 is 28.4 Å². The van der Waals surface area contributed by atoms with Crippen LogP contribution in [0.15, 0.2) is 30.6 Å². The molecule has 0 amide bonds. The zero-order valence-electron chi connectivity index (χ0n) is 18.4. The van der Waals surface area contributed by atoms with Gasteiger partial charge < -0.3 is 20.5 Å². The van der Waals surface area contributed by atoms with Crippen molar-refractivity contribution in [2.24, 2.45) is 5.73 Å². The summed E-state index contributed by atoms with van der Waals surface area (Å²) in [6.45, 7) is 10.2. The van der Waals surface area contributed by atoms with Crippen LogP contribution in [0.3, 0.4) is 0 Å². The van der Waals surface area contributed by atoms with Gasteiger partial charge in [0.1, 0.15) is 17.7 Å². The van der Waals surface area contributed by atoms with Gasteiger partial charge in [-0.2, -0.15) is 0 Å². The van der Waals surface area contributed by atoms with Crippen molar-refractivity contribution in [2.45, 2.75) is 52.2 Å². The number of carbonyl (C=O) groups is 1. The largest absolute Gasteiger partial charge is 0.477 e. The second kappa shape index (κ2) is 7.77. The Morgan fingerprint density at radius 1 is 1.16 bits per heavy atom. The van der Waals surface area contributed by atoms with Crippen LogP contribution < -0.4 is 15.8 Å². The molecule has 31 heavy (non-hydrogen) atoms. The average Bonchev–Trinajstić information content (AvgIpc) is 2.71. The third kappa shape index (κ3) is 3.90. The molecule has 0 spiro atoms. The first-order chi connectivity index (χ1) is 14.7. The first kappa shape index (κ1) is 21.0. The Morgan fingerprint density at radius 2 is 1.94 bits per heavy atom. The van der Waals surface area contributed by atoms with Gasteiger partial charge in [-0.25, -0.2) is 19.7 Å². The minimum absolute atomic E-state index is 0.00322. The van der Waals surface area contributed by atoms with Gasteiger partial charge >= 0.3 is 5.97 Å². The summed E-state index contributed by atoms with van der Waals surface area (Å²) in [6, 6.07) is 5.41. The topological polar surface area (TPSA) is 112 Å². The fourth-order valence-corrected chi connectivity index (χ4v) is 3.70. The predicted octanol–water partition coefficient (Wildman–Crippen LogP) is 4.02. The Morgan fingerprint density at radius 3 is 2.65 bits per heavy atom. The molecule has 0 aliphatic carbocycles. The van der Waals surface area contributed by atoms with Crippen LogP contribution in [-0.4, -0.2) is 33.6 Å². The molecule has 0 unspecified atom stereocenters. The second-order valence-corrected chi connectivity index (χ2v) is 8.40. The van der Waals surface area contributed by atoms with E-state index in [1.807, 2.05) is 40.7 Å². The number of nitrogens with zero attached hydrogens (tertiary/aromatic N) is 3.